The number of halogens is 2. The zero-order valence-corrected chi connectivity index (χ0v) is 19.0. The van der Waals surface area contributed by atoms with Crippen LogP contribution in [0.2, 0.25) is 0 Å². The standard InChI is InChI=1S/C22H22F2N4O5S/c1-3-32-18-13-14(27-21(29)17-8-5-11-26-20(17)25)9-10-19(18)34(30,31)28-15-6-4-7-16(12-15)33-22(2,23)24/h4-13,28H,3H2,1-2H3,(H2,25,26)(H,27,29). The molecule has 0 bridgehead atoms. The number of nitrogens with zero attached hydrogens (tertiary/aromatic N) is 1. The molecule has 1 amide bonds. The van der Waals surface area contributed by atoms with Gasteiger partial charge in [0.05, 0.1) is 17.9 Å². The van der Waals surface area contributed by atoms with Crippen LogP contribution in [0.3, 0.4) is 0 Å². The Morgan fingerprint density at radius 1 is 1.12 bits per heavy atom. The van der Waals surface area contributed by atoms with Gasteiger partial charge in [-0.25, -0.2) is 13.4 Å². The predicted molar refractivity (Wildman–Crippen MR) is 123 cm³/mol. The van der Waals surface area contributed by atoms with Crippen molar-refractivity contribution in [3.63, 3.8) is 0 Å². The van der Waals surface area contributed by atoms with E-state index < -0.39 is 22.0 Å². The lowest BCUT2D eigenvalue weighted by atomic mass is 10.2. The number of pyridine rings is 1. The maximum Gasteiger partial charge on any atom is 0.394 e. The monoisotopic (exact) mass is 492 g/mol. The van der Waals surface area contributed by atoms with Gasteiger partial charge in [0.25, 0.3) is 15.9 Å². The number of hydrogen-bond acceptors (Lipinski definition) is 7. The molecule has 0 aliphatic carbocycles. The first-order chi connectivity index (χ1) is 16.0. The van der Waals surface area contributed by atoms with Gasteiger partial charge in [-0.2, -0.15) is 8.78 Å². The minimum Gasteiger partial charge on any atom is -0.492 e. The van der Waals surface area contributed by atoms with E-state index in [9.17, 15) is 22.0 Å². The fourth-order valence-corrected chi connectivity index (χ4v) is 4.10. The summed E-state index contributed by atoms with van der Waals surface area (Å²) >= 11 is 0. The van der Waals surface area contributed by atoms with E-state index >= 15 is 0 Å². The summed E-state index contributed by atoms with van der Waals surface area (Å²) in [5.41, 5.74) is 6.14. The van der Waals surface area contributed by atoms with Gasteiger partial charge in [0.1, 0.15) is 22.2 Å². The van der Waals surface area contributed by atoms with E-state index in [2.05, 4.69) is 19.8 Å². The summed E-state index contributed by atoms with van der Waals surface area (Å²) in [4.78, 5) is 16.1. The van der Waals surface area contributed by atoms with Gasteiger partial charge in [-0.05, 0) is 43.3 Å². The Labute approximate surface area is 195 Å². The Morgan fingerprint density at radius 3 is 2.56 bits per heavy atom. The van der Waals surface area contributed by atoms with Crippen LogP contribution in [-0.2, 0) is 10.0 Å². The molecule has 9 nitrogen and oxygen atoms in total. The number of alkyl halides is 2. The van der Waals surface area contributed by atoms with Crippen molar-refractivity contribution in [3.05, 3.63) is 66.4 Å². The summed E-state index contributed by atoms with van der Waals surface area (Å²) < 4.78 is 64.5. The van der Waals surface area contributed by atoms with Gasteiger partial charge in [-0.3, -0.25) is 9.52 Å². The van der Waals surface area contributed by atoms with Crippen molar-refractivity contribution >= 4 is 33.1 Å². The first-order valence-corrected chi connectivity index (χ1v) is 11.5. The normalized spacial score (nSPS) is 11.5. The number of ether oxygens (including phenoxy) is 2. The molecule has 0 atom stereocenters. The molecule has 0 fully saturated rings. The number of rotatable bonds is 9. The predicted octanol–water partition coefficient (Wildman–Crippen LogP) is 4.11. The van der Waals surface area contributed by atoms with Gasteiger partial charge in [-0.1, -0.05) is 6.07 Å². The van der Waals surface area contributed by atoms with Crippen LogP contribution in [0, 0.1) is 0 Å². The van der Waals surface area contributed by atoms with Gasteiger partial charge in [0.15, 0.2) is 0 Å². The van der Waals surface area contributed by atoms with Crippen LogP contribution in [0.15, 0.2) is 65.7 Å². The maximum absolute atomic E-state index is 13.1. The largest absolute Gasteiger partial charge is 0.492 e. The second-order valence-corrected chi connectivity index (χ2v) is 8.68. The zero-order chi connectivity index (χ0) is 24.9. The Morgan fingerprint density at radius 2 is 1.88 bits per heavy atom. The lowest BCUT2D eigenvalue weighted by Crippen LogP contribution is -2.19. The number of aromatic nitrogens is 1. The summed E-state index contributed by atoms with van der Waals surface area (Å²) in [5.74, 6) is -0.739. The van der Waals surface area contributed by atoms with E-state index in [4.69, 9.17) is 10.5 Å². The summed E-state index contributed by atoms with van der Waals surface area (Å²) in [6.07, 6.45) is -1.98. The molecule has 3 rings (SSSR count). The number of carbonyl (C=O) groups is 1. The second kappa shape index (κ2) is 9.91. The van der Waals surface area contributed by atoms with Gasteiger partial charge in [0.2, 0.25) is 0 Å². The third-order valence-corrected chi connectivity index (χ3v) is 5.68. The Hall–Kier alpha value is -3.93. The number of nitrogens with two attached hydrogens (primary N) is 1. The molecular formula is C22H22F2N4O5S. The molecule has 34 heavy (non-hydrogen) atoms. The number of carbonyl (C=O) groups excluding carboxylic acids is 1. The van der Waals surface area contributed by atoms with Crippen LogP contribution in [-0.4, -0.2) is 32.0 Å². The van der Waals surface area contributed by atoms with E-state index in [0.717, 1.165) is 6.07 Å². The number of nitrogen functional groups attached to an aromatic ring is 1. The van der Waals surface area contributed by atoms with Crippen LogP contribution < -0.4 is 25.2 Å². The van der Waals surface area contributed by atoms with Crippen molar-refractivity contribution in [2.24, 2.45) is 0 Å². The molecule has 1 heterocycles. The Bertz CT molecular complexity index is 1300. The van der Waals surface area contributed by atoms with E-state index in [1.54, 1.807) is 13.0 Å². The van der Waals surface area contributed by atoms with Gasteiger partial charge in [-0.15, -0.1) is 0 Å². The number of amides is 1. The minimum atomic E-state index is -4.19. The smallest absolute Gasteiger partial charge is 0.394 e. The molecule has 0 unspecified atom stereocenters. The molecular weight excluding hydrogens is 470 g/mol. The van der Waals surface area contributed by atoms with Gasteiger partial charge < -0.3 is 20.5 Å². The summed E-state index contributed by atoms with van der Waals surface area (Å²) in [7, 11) is -4.19. The van der Waals surface area contributed by atoms with Crippen LogP contribution in [0.1, 0.15) is 24.2 Å². The third kappa shape index (κ3) is 6.32. The summed E-state index contributed by atoms with van der Waals surface area (Å²) in [6.45, 7) is 2.38. The van der Waals surface area contributed by atoms with E-state index in [-0.39, 0.29) is 45.8 Å². The number of anilines is 3. The molecule has 0 saturated carbocycles. The maximum atomic E-state index is 13.1. The van der Waals surface area contributed by atoms with Gasteiger partial charge in [0, 0.05) is 30.9 Å². The molecule has 2 aromatic carbocycles. The first kappa shape index (κ1) is 24.7. The van der Waals surface area contributed by atoms with Crippen molar-refractivity contribution in [2.45, 2.75) is 24.9 Å². The van der Waals surface area contributed by atoms with Crippen LogP contribution in [0.4, 0.5) is 26.0 Å². The molecule has 0 radical (unpaired) electrons. The lowest BCUT2D eigenvalue weighted by molar-refractivity contribution is -0.158. The van der Waals surface area contributed by atoms with Crippen molar-refractivity contribution in [1.29, 1.82) is 0 Å². The van der Waals surface area contributed by atoms with E-state index in [1.807, 2.05) is 0 Å². The van der Waals surface area contributed by atoms with Crippen LogP contribution >= 0.6 is 0 Å². The van der Waals surface area contributed by atoms with Crippen LogP contribution in [0.5, 0.6) is 11.5 Å². The SMILES string of the molecule is CCOc1cc(NC(=O)c2cccnc2N)ccc1S(=O)(=O)Nc1cccc(OC(C)(F)F)c1. The van der Waals surface area contributed by atoms with Crippen molar-refractivity contribution in [2.75, 3.05) is 22.4 Å². The Kier molecular flexibility index (Phi) is 7.20. The molecule has 0 aliphatic rings. The van der Waals surface area contributed by atoms with Gasteiger partial charge >= 0.3 is 6.11 Å². The highest BCUT2D eigenvalue weighted by atomic mass is 32.2. The van der Waals surface area contributed by atoms with E-state index in [1.165, 1.54) is 48.7 Å². The summed E-state index contributed by atoms with van der Waals surface area (Å²) in [5, 5.41) is 2.61. The number of sulfonamides is 1. The topological polar surface area (TPSA) is 133 Å². The molecule has 0 spiro atoms. The highest BCUT2D eigenvalue weighted by Gasteiger charge is 2.24. The van der Waals surface area contributed by atoms with Crippen molar-refractivity contribution in [1.82, 2.24) is 4.98 Å². The molecule has 1 aromatic heterocycles. The third-order valence-electron chi connectivity index (χ3n) is 4.26. The molecule has 12 heteroatoms. The zero-order valence-electron chi connectivity index (χ0n) is 18.2. The quantitative estimate of drug-likeness (QED) is 0.409. The molecule has 3 aromatic rings. The number of hydrogen-bond donors (Lipinski definition) is 3. The molecule has 0 saturated heterocycles. The number of nitrogens with one attached hydrogen (secondary N) is 2. The molecule has 4 N–H and O–H groups in total. The van der Waals surface area contributed by atoms with E-state index in [0.29, 0.717) is 6.92 Å². The van der Waals surface area contributed by atoms with Crippen molar-refractivity contribution in [3.8, 4) is 11.5 Å². The first-order valence-electron chi connectivity index (χ1n) is 9.97. The average Bonchev–Trinajstić information content (AvgIpc) is 2.73. The molecule has 0 aliphatic heterocycles. The fraction of sp³-hybridized carbons (Fsp3) is 0.182. The van der Waals surface area contributed by atoms with Crippen LogP contribution in [0.25, 0.3) is 0 Å². The summed E-state index contributed by atoms with van der Waals surface area (Å²) in [6, 6.07) is 12.2. The fourth-order valence-electron chi connectivity index (χ4n) is 2.92. The molecule has 180 valence electrons. The minimum absolute atomic E-state index is 0.00799. The second-order valence-electron chi connectivity index (χ2n) is 7.03. The average molecular weight is 493 g/mol. The highest BCUT2D eigenvalue weighted by molar-refractivity contribution is 7.92. The highest BCUT2D eigenvalue weighted by Crippen LogP contribution is 2.31. The Balaban J connectivity index is 1.86. The number of benzene rings is 2. The lowest BCUT2D eigenvalue weighted by Gasteiger charge is -2.16. The van der Waals surface area contributed by atoms with Crippen molar-refractivity contribution < 1.29 is 31.5 Å².